The molecule has 1 aromatic heterocycles. The number of nitrogens with one attached hydrogen (secondary N) is 1. The smallest absolute Gasteiger partial charge is 0.110 e. The van der Waals surface area contributed by atoms with Crippen LogP contribution in [-0.2, 0) is 0 Å². The van der Waals surface area contributed by atoms with Crippen molar-refractivity contribution in [3.63, 3.8) is 0 Å². The Hall–Kier alpha value is -0.660. The van der Waals surface area contributed by atoms with Crippen LogP contribution in [-0.4, -0.2) is 4.98 Å². The van der Waals surface area contributed by atoms with Crippen LogP contribution in [0.15, 0.2) is 18.2 Å². The standard InChI is InChI=1S/C9H7Cl2N/c1-5-8-6(10)3-2-4-7(8)12-9(5)11/h2-4,12H,1H3. The third-order valence-corrected chi connectivity index (χ3v) is 2.66. The van der Waals surface area contributed by atoms with E-state index in [1.54, 1.807) is 0 Å². The van der Waals surface area contributed by atoms with Crippen LogP contribution in [0.1, 0.15) is 5.56 Å². The summed E-state index contributed by atoms with van der Waals surface area (Å²) < 4.78 is 0. The monoisotopic (exact) mass is 199 g/mol. The van der Waals surface area contributed by atoms with Gasteiger partial charge in [-0.15, -0.1) is 0 Å². The number of fused-ring (bicyclic) bond motifs is 1. The van der Waals surface area contributed by atoms with Gasteiger partial charge in [0.1, 0.15) is 5.15 Å². The molecule has 0 bridgehead atoms. The molecule has 0 saturated heterocycles. The molecule has 0 aliphatic carbocycles. The number of benzene rings is 1. The van der Waals surface area contributed by atoms with Crippen molar-refractivity contribution in [1.82, 2.24) is 4.98 Å². The third kappa shape index (κ3) is 1.01. The molecule has 0 saturated carbocycles. The van der Waals surface area contributed by atoms with Gasteiger partial charge in [-0.3, -0.25) is 0 Å². The molecule has 0 atom stereocenters. The van der Waals surface area contributed by atoms with E-state index in [4.69, 9.17) is 23.2 Å². The summed E-state index contributed by atoms with van der Waals surface area (Å²) in [6.07, 6.45) is 0. The fourth-order valence-electron chi connectivity index (χ4n) is 1.33. The lowest BCUT2D eigenvalue weighted by molar-refractivity contribution is 1.42. The topological polar surface area (TPSA) is 15.8 Å². The van der Waals surface area contributed by atoms with Gasteiger partial charge in [0.15, 0.2) is 0 Å². The molecule has 2 aromatic rings. The van der Waals surface area contributed by atoms with E-state index in [2.05, 4.69) is 4.98 Å². The Morgan fingerprint density at radius 1 is 1.25 bits per heavy atom. The minimum absolute atomic E-state index is 0.665. The fraction of sp³-hybridized carbons (Fsp3) is 0.111. The van der Waals surface area contributed by atoms with Gasteiger partial charge in [0, 0.05) is 10.9 Å². The van der Waals surface area contributed by atoms with Gasteiger partial charge in [0.2, 0.25) is 0 Å². The maximum atomic E-state index is 6.00. The summed E-state index contributed by atoms with van der Waals surface area (Å²) in [5.41, 5.74) is 2.00. The first-order valence-corrected chi connectivity index (χ1v) is 4.38. The molecular weight excluding hydrogens is 193 g/mol. The molecule has 1 nitrogen and oxygen atoms in total. The molecule has 0 spiro atoms. The lowest BCUT2D eigenvalue weighted by Crippen LogP contribution is -1.70. The molecule has 0 fully saturated rings. The summed E-state index contributed by atoms with van der Waals surface area (Å²) >= 11 is 11.9. The van der Waals surface area contributed by atoms with Gasteiger partial charge in [-0.1, -0.05) is 29.3 Å². The van der Waals surface area contributed by atoms with E-state index in [0.29, 0.717) is 5.15 Å². The third-order valence-electron chi connectivity index (χ3n) is 1.96. The highest BCUT2D eigenvalue weighted by molar-refractivity contribution is 6.37. The molecule has 1 heterocycles. The molecule has 0 aliphatic rings. The summed E-state index contributed by atoms with van der Waals surface area (Å²) in [6.45, 7) is 1.95. The quantitative estimate of drug-likeness (QED) is 0.665. The number of H-pyrrole nitrogens is 1. The van der Waals surface area contributed by atoms with Crippen LogP contribution in [0.3, 0.4) is 0 Å². The van der Waals surface area contributed by atoms with Crippen LogP contribution in [0, 0.1) is 6.92 Å². The maximum Gasteiger partial charge on any atom is 0.110 e. The highest BCUT2D eigenvalue weighted by atomic mass is 35.5. The van der Waals surface area contributed by atoms with Crippen molar-refractivity contribution in [1.29, 1.82) is 0 Å². The zero-order valence-electron chi connectivity index (χ0n) is 6.49. The molecule has 0 amide bonds. The van der Waals surface area contributed by atoms with E-state index in [-0.39, 0.29) is 0 Å². The highest BCUT2D eigenvalue weighted by Crippen LogP contribution is 2.30. The number of halogens is 2. The molecule has 3 heteroatoms. The Kier molecular flexibility index (Phi) is 1.78. The van der Waals surface area contributed by atoms with Crippen molar-refractivity contribution in [2.24, 2.45) is 0 Å². The van der Waals surface area contributed by atoms with Crippen LogP contribution < -0.4 is 0 Å². The first kappa shape index (κ1) is 7.96. The summed E-state index contributed by atoms with van der Waals surface area (Å²) in [6, 6.07) is 5.72. The molecule has 1 N–H and O–H groups in total. The Morgan fingerprint density at radius 2 is 2.00 bits per heavy atom. The number of aromatic amines is 1. The van der Waals surface area contributed by atoms with E-state index in [1.165, 1.54) is 0 Å². The second-order valence-electron chi connectivity index (χ2n) is 2.73. The van der Waals surface area contributed by atoms with Crippen molar-refractivity contribution in [2.75, 3.05) is 0 Å². The van der Waals surface area contributed by atoms with Crippen LogP contribution in [0.25, 0.3) is 10.9 Å². The molecule has 0 aliphatic heterocycles. The van der Waals surface area contributed by atoms with E-state index < -0.39 is 0 Å². The van der Waals surface area contributed by atoms with Crippen molar-refractivity contribution < 1.29 is 0 Å². The minimum atomic E-state index is 0.665. The van der Waals surface area contributed by atoms with E-state index in [9.17, 15) is 0 Å². The number of rotatable bonds is 0. The molecule has 0 unspecified atom stereocenters. The van der Waals surface area contributed by atoms with E-state index in [1.807, 2.05) is 25.1 Å². The van der Waals surface area contributed by atoms with Gasteiger partial charge < -0.3 is 4.98 Å². The van der Waals surface area contributed by atoms with Gasteiger partial charge in [0.05, 0.1) is 5.02 Å². The summed E-state index contributed by atoms with van der Waals surface area (Å²) in [7, 11) is 0. The SMILES string of the molecule is Cc1c(Cl)[nH]c2cccc(Cl)c12. The number of aromatic nitrogens is 1. The average molecular weight is 200 g/mol. The number of hydrogen-bond acceptors (Lipinski definition) is 0. The molecular formula is C9H7Cl2N. The molecule has 12 heavy (non-hydrogen) atoms. The van der Waals surface area contributed by atoms with Crippen LogP contribution >= 0.6 is 23.2 Å². The summed E-state index contributed by atoms with van der Waals surface area (Å²) in [4.78, 5) is 3.05. The Bertz CT molecular complexity index is 431. The van der Waals surface area contributed by atoms with Gasteiger partial charge in [-0.2, -0.15) is 0 Å². The van der Waals surface area contributed by atoms with Gasteiger partial charge >= 0.3 is 0 Å². The van der Waals surface area contributed by atoms with Crippen LogP contribution in [0.2, 0.25) is 10.2 Å². The Morgan fingerprint density at radius 3 is 2.67 bits per heavy atom. The second-order valence-corrected chi connectivity index (χ2v) is 3.51. The summed E-state index contributed by atoms with van der Waals surface area (Å²) in [5.74, 6) is 0. The second kappa shape index (κ2) is 2.68. The number of hydrogen-bond donors (Lipinski definition) is 1. The Balaban J connectivity index is 2.97. The predicted molar refractivity (Wildman–Crippen MR) is 53.1 cm³/mol. The van der Waals surface area contributed by atoms with Gasteiger partial charge in [-0.25, -0.2) is 0 Å². The largest absolute Gasteiger partial charge is 0.345 e. The van der Waals surface area contributed by atoms with Crippen molar-refractivity contribution in [3.8, 4) is 0 Å². The van der Waals surface area contributed by atoms with Crippen molar-refractivity contribution >= 4 is 34.1 Å². The lowest BCUT2D eigenvalue weighted by Gasteiger charge is -1.93. The molecule has 62 valence electrons. The van der Waals surface area contributed by atoms with Crippen molar-refractivity contribution in [2.45, 2.75) is 6.92 Å². The van der Waals surface area contributed by atoms with Gasteiger partial charge in [-0.05, 0) is 24.6 Å². The summed E-state index contributed by atoms with van der Waals surface area (Å²) in [5, 5.41) is 2.43. The molecule has 2 rings (SSSR count). The van der Waals surface area contributed by atoms with E-state index in [0.717, 1.165) is 21.5 Å². The normalized spacial score (nSPS) is 10.9. The maximum absolute atomic E-state index is 6.00. The first-order valence-electron chi connectivity index (χ1n) is 3.62. The van der Waals surface area contributed by atoms with E-state index >= 15 is 0 Å². The predicted octanol–water partition coefficient (Wildman–Crippen LogP) is 3.78. The molecule has 1 aromatic carbocycles. The lowest BCUT2D eigenvalue weighted by atomic mass is 10.2. The fourth-order valence-corrected chi connectivity index (χ4v) is 1.84. The average Bonchev–Trinajstić information content (AvgIpc) is 2.29. The number of aryl methyl sites for hydroxylation is 1. The first-order chi connectivity index (χ1) is 5.70. The minimum Gasteiger partial charge on any atom is -0.345 e. The zero-order chi connectivity index (χ0) is 8.72. The van der Waals surface area contributed by atoms with Crippen LogP contribution in [0.4, 0.5) is 0 Å². The molecule has 0 radical (unpaired) electrons. The van der Waals surface area contributed by atoms with Crippen LogP contribution in [0.5, 0.6) is 0 Å². The Labute approximate surface area is 80.3 Å². The van der Waals surface area contributed by atoms with Gasteiger partial charge in [0.25, 0.3) is 0 Å². The highest BCUT2D eigenvalue weighted by Gasteiger charge is 2.07. The van der Waals surface area contributed by atoms with Crippen molar-refractivity contribution in [3.05, 3.63) is 33.9 Å². The zero-order valence-corrected chi connectivity index (χ0v) is 8.00.